The average molecular weight is 750 g/mol. The lowest BCUT2D eigenvalue weighted by molar-refractivity contribution is -0.132. The monoisotopic (exact) mass is 749 g/mol. The Morgan fingerprint density at radius 3 is 2.51 bits per heavy atom. The normalized spacial score (nSPS) is 18.8. The summed E-state index contributed by atoms with van der Waals surface area (Å²) in [6.45, 7) is 6.62. The Balaban J connectivity index is 1.34. The Morgan fingerprint density at radius 2 is 1.81 bits per heavy atom. The molecule has 17 nitrogen and oxygen atoms in total. The zero-order chi connectivity index (χ0) is 37.9. The summed E-state index contributed by atoms with van der Waals surface area (Å²) in [7, 11) is 0. The molecule has 0 spiro atoms. The van der Waals surface area contributed by atoms with Crippen LogP contribution in [0, 0.1) is 5.92 Å². The van der Waals surface area contributed by atoms with Crippen molar-refractivity contribution in [1.29, 1.82) is 0 Å². The molecular weight excluding hydrogens is 706 g/mol. The van der Waals surface area contributed by atoms with Gasteiger partial charge in [0.15, 0.2) is 0 Å². The van der Waals surface area contributed by atoms with Crippen LogP contribution in [0.2, 0.25) is 5.02 Å². The van der Waals surface area contributed by atoms with Gasteiger partial charge in [0.2, 0.25) is 17.7 Å². The first-order chi connectivity index (χ1) is 25.5. The van der Waals surface area contributed by atoms with Crippen LogP contribution in [-0.2, 0) is 33.8 Å². The van der Waals surface area contributed by atoms with E-state index in [1.807, 2.05) is 44.3 Å². The summed E-state index contributed by atoms with van der Waals surface area (Å²) in [5.74, 6) is -1.61. The SMILES string of the molecule is CC(C)C[C@H]1NC(=O)[C@H]([C@@H](C)O)NC(=O)c2ccc(c(Cl)c2)OCCCn2cc(nn2)CCN(C(=O)Cc2ccc(-n3cnnn3)cc2)CCNC1=O. The third-order valence-electron chi connectivity index (χ3n) is 8.54. The number of tetrazole rings is 1. The fraction of sp³-hybridized carbons (Fsp3) is 0.457. The molecule has 2 aliphatic heterocycles. The van der Waals surface area contributed by atoms with E-state index < -0.39 is 35.9 Å². The largest absolute Gasteiger partial charge is 0.492 e. The first-order valence-corrected chi connectivity index (χ1v) is 17.8. The van der Waals surface area contributed by atoms with E-state index in [2.05, 4.69) is 41.8 Å². The van der Waals surface area contributed by atoms with Crippen LogP contribution in [0.1, 0.15) is 55.2 Å². The summed E-state index contributed by atoms with van der Waals surface area (Å²) in [6, 6.07) is 9.44. The molecule has 18 heteroatoms. The molecule has 4 bridgehead atoms. The van der Waals surface area contributed by atoms with Crippen molar-refractivity contribution < 1.29 is 29.0 Å². The molecule has 0 radical (unpaired) electrons. The van der Waals surface area contributed by atoms with E-state index in [-0.39, 0.29) is 48.3 Å². The minimum Gasteiger partial charge on any atom is -0.492 e. The number of hydrogen-bond acceptors (Lipinski definition) is 11. The van der Waals surface area contributed by atoms with Gasteiger partial charge in [-0.1, -0.05) is 42.8 Å². The minimum absolute atomic E-state index is 0.0130. The van der Waals surface area contributed by atoms with Crippen molar-refractivity contribution >= 4 is 35.2 Å². The Kier molecular flexibility index (Phi) is 13.4. The number of fused-ring (bicyclic) bond motifs is 17. The summed E-state index contributed by atoms with van der Waals surface area (Å²) in [4.78, 5) is 55.4. The fourth-order valence-corrected chi connectivity index (χ4v) is 5.94. The highest BCUT2D eigenvalue weighted by molar-refractivity contribution is 6.32. The van der Waals surface area contributed by atoms with E-state index in [0.717, 1.165) is 11.3 Å². The van der Waals surface area contributed by atoms with Gasteiger partial charge in [0, 0.05) is 50.8 Å². The van der Waals surface area contributed by atoms with Gasteiger partial charge < -0.3 is 30.7 Å². The lowest BCUT2D eigenvalue weighted by Crippen LogP contribution is -2.57. The highest BCUT2D eigenvalue weighted by Gasteiger charge is 2.31. The Bertz CT molecular complexity index is 1850. The van der Waals surface area contributed by atoms with E-state index >= 15 is 0 Å². The molecule has 0 saturated carbocycles. The second-order valence-corrected chi connectivity index (χ2v) is 13.6. The zero-order valence-corrected chi connectivity index (χ0v) is 30.6. The van der Waals surface area contributed by atoms with Gasteiger partial charge in [0.1, 0.15) is 24.2 Å². The van der Waals surface area contributed by atoms with Crippen LogP contribution in [0.3, 0.4) is 0 Å². The number of nitrogens with one attached hydrogen (secondary N) is 3. The number of aromatic nitrogens is 7. The molecule has 0 unspecified atom stereocenters. The van der Waals surface area contributed by atoms with Gasteiger partial charge in [-0.2, -0.15) is 0 Å². The number of aliphatic hydroxyl groups excluding tert-OH is 1. The van der Waals surface area contributed by atoms with Crippen molar-refractivity contribution in [3.05, 3.63) is 76.8 Å². The fourth-order valence-electron chi connectivity index (χ4n) is 5.70. The zero-order valence-electron chi connectivity index (χ0n) is 29.8. The molecule has 4 heterocycles. The number of nitrogens with zero attached hydrogens (tertiary/aromatic N) is 8. The molecule has 4 N–H and O–H groups in total. The van der Waals surface area contributed by atoms with Gasteiger partial charge in [-0.3, -0.25) is 23.9 Å². The van der Waals surface area contributed by atoms with Crippen LogP contribution >= 0.6 is 11.6 Å². The minimum atomic E-state index is -1.37. The Hall–Kier alpha value is -5.42. The molecule has 0 saturated heterocycles. The predicted molar refractivity (Wildman–Crippen MR) is 192 cm³/mol. The van der Waals surface area contributed by atoms with Crippen LogP contribution < -0.4 is 20.7 Å². The summed E-state index contributed by atoms with van der Waals surface area (Å²) >= 11 is 6.42. The van der Waals surface area contributed by atoms with Crippen molar-refractivity contribution in [2.24, 2.45) is 5.92 Å². The second-order valence-electron chi connectivity index (χ2n) is 13.2. The number of halogens is 1. The lowest BCUT2D eigenvalue weighted by atomic mass is 10.0. The predicted octanol–water partition coefficient (Wildman–Crippen LogP) is 1.13. The number of aryl methyl sites for hydroxylation is 1. The Morgan fingerprint density at radius 1 is 1.02 bits per heavy atom. The van der Waals surface area contributed by atoms with E-state index in [9.17, 15) is 24.3 Å². The quantitative estimate of drug-likeness (QED) is 0.205. The maximum absolute atomic E-state index is 13.7. The Labute approximate surface area is 311 Å². The number of benzene rings is 2. The number of rotatable bonds is 6. The summed E-state index contributed by atoms with van der Waals surface area (Å²) in [6.07, 6.45) is 3.42. The van der Waals surface area contributed by atoms with Gasteiger partial charge in [-0.15, -0.1) is 10.2 Å². The topological polar surface area (TPSA) is 211 Å². The molecule has 4 amide bonds. The lowest BCUT2D eigenvalue weighted by Gasteiger charge is -2.26. The van der Waals surface area contributed by atoms with Crippen LogP contribution in [0.15, 0.2) is 55.0 Å². The maximum atomic E-state index is 13.7. The number of amides is 4. The van der Waals surface area contributed by atoms with Crippen molar-refractivity contribution in [2.45, 2.75) is 71.2 Å². The molecule has 0 fully saturated rings. The standard InChI is InChI=1S/C35H44ClN11O6/c1-22(2)17-29-34(51)37-12-15-45(31(49)18-24-5-8-27(9-6-24)47-21-38-42-44-47)14-11-26-20-46(43-41-26)13-4-16-53-30-10-7-25(19-28(30)36)33(50)40-32(23(3)48)35(52)39-29/h5-10,19-23,29,32,48H,4,11-18H2,1-3H3,(H,37,51)(H,39,52)(H,40,50)/t23-,29-,32+/m1/s1. The smallest absolute Gasteiger partial charge is 0.252 e. The molecule has 2 aromatic heterocycles. The highest BCUT2D eigenvalue weighted by atomic mass is 35.5. The molecular formula is C35H44ClN11O6. The van der Waals surface area contributed by atoms with Crippen LogP contribution in [-0.4, -0.2) is 113 Å². The summed E-state index contributed by atoms with van der Waals surface area (Å²) in [5.41, 5.74) is 2.38. The third-order valence-corrected chi connectivity index (χ3v) is 8.83. The van der Waals surface area contributed by atoms with Crippen LogP contribution in [0.5, 0.6) is 5.75 Å². The number of hydrogen-bond donors (Lipinski definition) is 4. The van der Waals surface area contributed by atoms with Gasteiger partial charge >= 0.3 is 0 Å². The first-order valence-electron chi connectivity index (χ1n) is 17.4. The molecule has 2 aliphatic rings. The molecule has 4 aromatic rings. The molecule has 2 aromatic carbocycles. The van der Waals surface area contributed by atoms with E-state index in [1.165, 1.54) is 30.1 Å². The van der Waals surface area contributed by atoms with Crippen molar-refractivity contribution in [3.8, 4) is 11.4 Å². The average Bonchev–Trinajstić information content (AvgIpc) is 3.83. The number of carbonyl (C=O) groups is 4. The van der Waals surface area contributed by atoms with E-state index in [4.69, 9.17) is 16.3 Å². The maximum Gasteiger partial charge on any atom is 0.252 e. The van der Waals surface area contributed by atoms with Crippen molar-refractivity contribution in [2.75, 3.05) is 26.2 Å². The van der Waals surface area contributed by atoms with Gasteiger partial charge in [-0.25, -0.2) is 4.68 Å². The van der Waals surface area contributed by atoms with Gasteiger partial charge in [-0.05, 0) is 65.6 Å². The molecule has 53 heavy (non-hydrogen) atoms. The number of ether oxygens (including phenoxy) is 1. The number of aliphatic hydroxyl groups is 1. The summed E-state index contributed by atoms with van der Waals surface area (Å²) in [5, 5.41) is 38.5. The third kappa shape index (κ3) is 11.0. The molecule has 0 aliphatic carbocycles. The van der Waals surface area contributed by atoms with Gasteiger partial charge in [0.05, 0.1) is 35.5 Å². The van der Waals surface area contributed by atoms with E-state index in [1.54, 1.807) is 15.6 Å². The number of carbonyl (C=O) groups excluding carboxylic acids is 4. The molecule has 3 atom stereocenters. The van der Waals surface area contributed by atoms with Crippen LogP contribution in [0.25, 0.3) is 5.69 Å². The van der Waals surface area contributed by atoms with Crippen molar-refractivity contribution in [3.63, 3.8) is 0 Å². The van der Waals surface area contributed by atoms with Crippen LogP contribution in [0.4, 0.5) is 0 Å². The van der Waals surface area contributed by atoms with Crippen molar-refractivity contribution in [1.82, 2.24) is 56.1 Å². The molecule has 6 rings (SSSR count). The highest BCUT2D eigenvalue weighted by Crippen LogP contribution is 2.26. The first kappa shape index (κ1) is 38.8. The van der Waals surface area contributed by atoms with E-state index in [0.29, 0.717) is 44.0 Å². The van der Waals surface area contributed by atoms with Gasteiger partial charge in [0.25, 0.3) is 5.91 Å². The second kappa shape index (κ2) is 18.4. The summed E-state index contributed by atoms with van der Waals surface area (Å²) < 4.78 is 9.05. The molecule has 282 valence electrons.